The molecule has 0 amide bonds. The minimum Gasteiger partial charge on any atom is -0.305 e. The maximum absolute atomic E-state index is 12.9. The number of carbonyl (C=O) groups excluding carboxylic acids is 1. The van der Waals surface area contributed by atoms with Crippen LogP contribution in [0.3, 0.4) is 0 Å². The molecule has 2 rings (SSSR count). The van der Waals surface area contributed by atoms with Crippen molar-refractivity contribution >= 4 is 5.78 Å². The van der Waals surface area contributed by atoms with E-state index in [1.54, 1.807) is 12.1 Å². The fourth-order valence-electron chi connectivity index (χ4n) is 2.56. The summed E-state index contributed by atoms with van der Waals surface area (Å²) in [6.07, 6.45) is 1.09. The average Bonchev–Trinajstić information content (AvgIpc) is 2.87. The second-order valence-electron chi connectivity index (χ2n) is 5.45. The molecule has 1 aliphatic heterocycles. The standard InChI is InChI=1S/C15H21FN2O/c1-11(18-9-8-14(10-18)17(2)3)15(19)12-4-6-13(16)7-5-12/h4-7,11,14H,8-10H2,1-3H3. The van der Waals surface area contributed by atoms with E-state index in [1.807, 2.05) is 6.92 Å². The average molecular weight is 264 g/mol. The molecule has 1 saturated heterocycles. The molecule has 1 aromatic carbocycles. The number of rotatable bonds is 4. The quantitative estimate of drug-likeness (QED) is 0.777. The van der Waals surface area contributed by atoms with E-state index in [0.29, 0.717) is 11.6 Å². The molecule has 1 aromatic rings. The first-order valence-electron chi connectivity index (χ1n) is 6.69. The summed E-state index contributed by atoms with van der Waals surface area (Å²) in [6, 6.07) is 6.18. The molecule has 1 heterocycles. The minimum absolute atomic E-state index is 0.0689. The highest BCUT2D eigenvalue weighted by atomic mass is 19.1. The van der Waals surface area contributed by atoms with Crippen molar-refractivity contribution in [2.45, 2.75) is 25.4 Å². The second-order valence-corrected chi connectivity index (χ2v) is 5.45. The highest BCUT2D eigenvalue weighted by Crippen LogP contribution is 2.18. The summed E-state index contributed by atoms with van der Waals surface area (Å²) < 4.78 is 12.9. The maximum atomic E-state index is 12.9. The number of likely N-dealkylation sites (tertiary alicyclic amines) is 1. The van der Waals surface area contributed by atoms with Crippen molar-refractivity contribution in [2.75, 3.05) is 27.2 Å². The number of Topliss-reactive ketones (excluding diaryl/α,β-unsaturated/α-hetero) is 1. The van der Waals surface area contributed by atoms with Crippen LogP contribution in [0.5, 0.6) is 0 Å². The molecule has 1 fully saturated rings. The zero-order valence-corrected chi connectivity index (χ0v) is 11.8. The summed E-state index contributed by atoms with van der Waals surface area (Å²) in [5, 5.41) is 0. The maximum Gasteiger partial charge on any atom is 0.179 e. The van der Waals surface area contributed by atoms with Crippen LogP contribution in [0.15, 0.2) is 24.3 Å². The van der Waals surface area contributed by atoms with Gasteiger partial charge in [0.15, 0.2) is 5.78 Å². The highest BCUT2D eigenvalue weighted by molar-refractivity contribution is 5.99. The topological polar surface area (TPSA) is 23.6 Å². The Morgan fingerprint density at radius 1 is 1.37 bits per heavy atom. The van der Waals surface area contributed by atoms with Gasteiger partial charge in [-0.3, -0.25) is 9.69 Å². The first-order valence-corrected chi connectivity index (χ1v) is 6.69. The second kappa shape index (κ2) is 5.80. The fourth-order valence-corrected chi connectivity index (χ4v) is 2.56. The molecular weight excluding hydrogens is 243 g/mol. The lowest BCUT2D eigenvalue weighted by molar-refractivity contribution is 0.0859. The summed E-state index contributed by atoms with van der Waals surface area (Å²) in [4.78, 5) is 16.7. The van der Waals surface area contributed by atoms with Crippen molar-refractivity contribution in [1.82, 2.24) is 9.80 Å². The summed E-state index contributed by atoms with van der Waals surface area (Å²) in [6.45, 7) is 3.79. The summed E-state index contributed by atoms with van der Waals surface area (Å²) in [5.41, 5.74) is 0.585. The van der Waals surface area contributed by atoms with Gasteiger partial charge in [0.25, 0.3) is 0 Å². The molecule has 1 aliphatic rings. The molecule has 0 N–H and O–H groups in total. The van der Waals surface area contributed by atoms with E-state index in [4.69, 9.17) is 0 Å². The minimum atomic E-state index is -0.307. The van der Waals surface area contributed by atoms with Crippen molar-refractivity contribution in [3.05, 3.63) is 35.6 Å². The zero-order valence-electron chi connectivity index (χ0n) is 11.8. The van der Waals surface area contributed by atoms with Gasteiger partial charge >= 0.3 is 0 Å². The predicted molar refractivity (Wildman–Crippen MR) is 73.9 cm³/mol. The van der Waals surface area contributed by atoms with Gasteiger partial charge in [-0.05, 0) is 51.7 Å². The molecule has 3 nitrogen and oxygen atoms in total. The molecule has 0 radical (unpaired) electrons. The first kappa shape index (κ1) is 14.2. The van der Waals surface area contributed by atoms with Crippen molar-refractivity contribution in [2.24, 2.45) is 0 Å². The molecule has 104 valence electrons. The molecule has 0 bridgehead atoms. The van der Waals surface area contributed by atoms with Crippen LogP contribution in [0.1, 0.15) is 23.7 Å². The van der Waals surface area contributed by atoms with Crippen molar-refractivity contribution in [3.8, 4) is 0 Å². The molecule has 0 aliphatic carbocycles. The Bertz CT molecular complexity index is 444. The predicted octanol–water partition coefficient (Wildman–Crippen LogP) is 2.03. The van der Waals surface area contributed by atoms with Gasteiger partial charge in [0.1, 0.15) is 5.82 Å². The van der Waals surface area contributed by atoms with E-state index in [9.17, 15) is 9.18 Å². The number of hydrogen-bond donors (Lipinski definition) is 0. The Labute approximate surface area is 114 Å². The number of ketones is 1. The van der Waals surface area contributed by atoms with Gasteiger partial charge in [-0.2, -0.15) is 0 Å². The number of benzene rings is 1. The van der Waals surface area contributed by atoms with Crippen LogP contribution in [0.4, 0.5) is 4.39 Å². The lowest BCUT2D eigenvalue weighted by Gasteiger charge is -2.24. The highest BCUT2D eigenvalue weighted by Gasteiger charge is 2.30. The van der Waals surface area contributed by atoms with Crippen LogP contribution in [0, 0.1) is 5.82 Å². The molecule has 4 heteroatoms. The van der Waals surface area contributed by atoms with Crippen molar-refractivity contribution < 1.29 is 9.18 Å². The monoisotopic (exact) mass is 264 g/mol. The molecular formula is C15H21FN2O. The molecule has 0 saturated carbocycles. The number of carbonyl (C=O) groups is 1. The van der Waals surface area contributed by atoms with Gasteiger partial charge in [0, 0.05) is 24.7 Å². The van der Waals surface area contributed by atoms with Crippen LogP contribution in [0.25, 0.3) is 0 Å². The molecule has 19 heavy (non-hydrogen) atoms. The van der Waals surface area contributed by atoms with Crippen LogP contribution in [0.2, 0.25) is 0 Å². The summed E-state index contributed by atoms with van der Waals surface area (Å²) in [7, 11) is 4.14. The molecule has 0 spiro atoms. The normalized spacial score (nSPS) is 21.8. The number of nitrogens with zero attached hydrogens (tertiary/aromatic N) is 2. The van der Waals surface area contributed by atoms with E-state index < -0.39 is 0 Å². The number of hydrogen-bond acceptors (Lipinski definition) is 3. The fraction of sp³-hybridized carbons (Fsp3) is 0.533. The Hall–Kier alpha value is -1.26. The molecule has 2 unspecified atom stereocenters. The number of likely N-dealkylation sites (N-methyl/N-ethyl adjacent to an activating group) is 1. The van der Waals surface area contributed by atoms with Crippen LogP contribution in [-0.2, 0) is 0 Å². The lowest BCUT2D eigenvalue weighted by atomic mass is 10.0. The zero-order chi connectivity index (χ0) is 14.0. The van der Waals surface area contributed by atoms with Gasteiger partial charge in [0.2, 0.25) is 0 Å². The third kappa shape index (κ3) is 3.19. The van der Waals surface area contributed by atoms with Crippen LogP contribution in [-0.4, -0.2) is 54.9 Å². The van der Waals surface area contributed by atoms with Crippen LogP contribution < -0.4 is 0 Å². The molecule has 2 atom stereocenters. The third-order valence-corrected chi connectivity index (χ3v) is 3.98. The van der Waals surface area contributed by atoms with E-state index in [-0.39, 0.29) is 17.6 Å². The Morgan fingerprint density at radius 3 is 2.53 bits per heavy atom. The van der Waals surface area contributed by atoms with Crippen molar-refractivity contribution in [3.63, 3.8) is 0 Å². The summed E-state index contributed by atoms with van der Waals surface area (Å²) >= 11 is 0. The van der Waals surface area contributed by atoms with E-state index in [1.165, 1.54) is 12.1 Å². The van der Waals surface area contributed by atoms with Crippen molar-refractivity contribution in [1.29, 1.82) is 0 Å². The smallest absolute Gasteiger partial charge is 0.179 e. The first-order chi connectivity index (χ1) is 8.99. The van der Waals surface area contributed by atoms with Gasteiger partial charge in [-0.15, -0.1) is 0 Å². The SMILES string of the molecule is CC(C(=O)c1ccc(F)cc1)N1CCC(N(C)C)C1. The van der Waals surface area contributed by atoms with E-state index in [2.05, 4.69) is 23.9 Å². The van der Waals surface area contributed by atoms with Gasteiger partial charge in [0.05, 0.1) is 6.04 Å². The Balaban J connectivity index is 2.02. The van der Waals surface area contributed by atoms with E-state index in [0.717, 1.165) is 19.5 Å². The van der Waals surface area contributed by atoms with Gasteiger partial charge < -0.3 is 4.90 Å². The largest absolute Gasteiger partial charge is 0.305 e. The Kier molecular flexibility index (Phi) is 4.32. The van der Waals surface area contributed by atoms with E-state index >= 15 is 0 Å². The Morgan fingerprint density at radius 2 is 2.00 bits per heavy atom. The van der Waals surface area contributed by atoms with Gasteiger partial charge in [-0.25, -0.2) is 4.39 Å². The third-order valence-electron chi connectivity index (χ3n) is 3.98. The number of halogens is 1. The van der Waals surface area contributed by atoms with Gasteiger partial charge in [-0.1, -0.05) is 0 Å². The summed E-state index contributed by atoms with van der Waals surface area (Å²) in [5.74, 6) is -0.238. The van der Waals surface area contributed by atoms with Crippen LogP contribution >= 0.6 is 0 Å². The molecule has 0 aromatic heterocycles. The lowest BCUT2D eigenvalue weighted by Crippen LogP contribution is -2.39.